The highest BCUT2D eigenvalue weighted by atomic mass is 79.9. The Morgan fingerprint density at radius 1 is 1.43 bits per heavy atom. The van der Waals surface area contributed by atoms with E-state index in [9.17, 15) is 9.18 Å². The Morgan fingerprint density at radius 3 is 2.67 bits per heavy atom. The fraction of sp³-hybridized carbons (Fsp3) is 0.533. The van der Waals surface area contributed by atoms with Gasteiger partial charge >= 0.3 is 6.09 Å². The molecule has 0 fully saturated rings. The van der Waals surface area contributed by atoms with Gasteiger partial charge in [0, 0.05) is 19.1 Å². The van der Waals surface area contributed by atoms with E-state index in [-0.39, 0.29) is 11.9 Å². The summed E-state index contributed by atoms with van der Waals surface area (Å²) in [6.07, 6.45) is -0.430. The third kappa shape index (κ3) is 7.43. The smallest absolute Gasteiger partial charge is 0.407 e. The Bertz CT molecular complexity index is 489. The van der Waals surface area contributed by atoms with Gasteiger partial charge < -0.3 is 15.4 Å². The molecule has 0 aliphatic carbocycles. The molecule has 0 radical (unpaired) electrons. The maximum atomic E-state index is 13.1. The molecule has 0 heterocycles. The Hall–Kier alpha value is -1.14. The van der Waals surface area contributed by atoms with Crippen molar-refractivity contribution in [1.29, 1.82) is 0 Å². The molecule has 118 valence electrons. The quantitative estimate of drug-likeness (QED) is 0.843. The molecule has 0 bridgehead atoms. The van der Waals surface area contributed by atoms with E-state index in [1.165, 1.54) is 6.07 Å². The Morgan fingerprint density at radius 2 is 2.10 bits per heavy atom. The molecule has 1 unspecified atom stereocenters. The van der Waals surface area contributed by atoms with Gasteiger partial charge in [-0.2, -0.15) is 0 Å². The molecule has 1 atom stereocenters. The van der Waals surface area contributed by atoms with Crippen LogP contribution in [0.2, 0.25) is 0 Å². The summed E-state index contributed by atoms with van der Waals surface area (Å²) in [5.41, 5.74) is 0.466. The summed E-state index contributed by atoms with van der Waals surface area (Å²) < 4.78 is 18.7. The predicted molar refractivity (Wildman–Crippen MR) is 84.6 cm³/mol. The molecule has 0 aliphatic rings. The zero-order valence-corrected chi connectivity index (χ0v) is 14.4. The lowest BCUT2D eigenvalue weighted by Gasteiger charge is -2.21. The highest BCUT2D eigenvalue weighted by molar-refractivity contribution is 9.10. The van der Waals surface area contributed by atoms with Crippen LogP contribution in [-0.4, -0.2) is 24.3 Å². The molecule has 1 aromatic rings. The van der Waals surface area contributed by atoms with Crippen molar-refractivity contribution in [2.75, 3.05) is 6.54 Å². The minimum atomic E-state index is -0.499. The lowest BCUT2D eigenvalue weighted by atomic mass is 10.2. The number of hydrogen-bond donors (Lipinski definition) is 2. The molecular formula is C15H22BrFN2O2. The first kappa shape index (κ1) is 17.9. The van der Waals surface area contributed by atoms with E-state index in [0.29, 0.717) is 17.6 Å². The van der Waals surface area contributed by atoms with Gasteiger partial charge in [0.15, 0.2) is 0 Å². The van der Waals surface area contributed by atoms with Crippen LogP contribution in [0.25, 0.3) is 0 Å². The van der Waals surface area contributed by atoms with Crippen molar-refractivity contribution in [1.82, 2.24) is 10.6 Å². The van der Waals surface area contributed by atoms with Gasteiger partial charge in [0.25, 0.3) is 0 Å². The van der Waals surface area contributed by atoms with Crippen molar-refractivity contribution in [2.45, 2.75) is 45.9 Å². The number of amides is 1. The van der Waals surface area contributed by atoms with Crippen LogP contribution in [0, 0.1) is 5.82 Å². The third-order valence-corrected chi connectivity index (χ3v) is 3.20. The average molecular weight is 361 g/mol. The van der Waals surface area contributed by atoms with Crippen LogP contribution >= 0.6 is 15.9 Å². The van der Waals surface area contributed by atoms with E-state index in [1.54, 1.807) is 12.1 Å². The summed E-state index contributed by atoms with van der Waals surface area (Å²) in [6, 6.07) is 4.95. The van der Waals surface area contributed by atoms with Crippen LogP contribution in [0.3, 0.4) is 0 Å². The molecule has 1 rings (SSSR count). The van der Waals surface area contributed by atoms with Crippen LogP contribution in [0.5, 0.6) is 0 Å². The molecule has 21 heavy (non-hydrogen) atoms. The standard InChI is InChI=1S/C15H22BrFN2O2/c1-10(8-19-14(20)21-15(2,3)4)18-9-11-5-6-13(17)12(16)7-11/h5-7,10,18H,8-9H2,1-4H3,(H,19,20). The number of benzene rings is 1. The third-order valence-electron chi connectivity index (χ3n) is 2.59. The van der Waals surface area contributed by atoms with Crippen LogP contribution in [0.15, 0.2) is 22.7 Å². The fourth-order valence-corrected chi connectivity index (χ4v) is 1.99. The molecule has 0 spiro atoms. The van der Waals surface area contributed by atoms with Crippen molar-refractivity contribution in [3.05, 3.63) is 34.1 Å². The van der Waals surface area contributed by atoms with Crippen LogP contribution in [-0.2, 0) is 11.3 Å². The second-order valence-electron chi connectivity index (χ2n) is 5.91. The van der Waals surface area contributed by atoms with Gasteiger partial charge in [0.1, 0.15) is 11.4 Å². The van der Waals surface area contributed by atoms with Gasteiger partial charge in [0.05, 0.1) is 4.47 Å². The summed E-state index contributed by atoms with van der Waals surface area (Å²) >= 11 is 3.15. The van der Waals surface area contributed by atoms with E-state index in [4.69, 9.17) is 4.74 Å². The van der Waals surface area contributed by atoms with Gasteiger partial charge in [-0.3, -0.25) is 0 Å². The summed E-state index contributed by atoms with van der Waals surface area (Å²) in [6.45, 7) is 8.46. The Kier molecular flexibility index (Phi) is 6.61. The number of rotatable bonds is 5. The maximum absolute atomic E-state index is 13.1. The molecular weight excluding hydrogens is 339 g/mol. The molecule has 1 aromatic carbocycles. The van der Waals surface area contributed by atoms with Crippen LogP contribution in [0.1, 0.15) is 33.3 Å². The molecule has 4 nitrogen and oxygen atoms in total. The minimum Gasteiger partial charge on any atom is -0.444 e. The van der Waals surface area contributed by atoms with Gasteiger partial charge in [0.2, 0.25) is 0 Å². The van der Waals surface area contributed by atoms with E-state index in [1.807, 2.05) is 27.7 Å². The number of ether oxygens (including phenoxy) is 1. The van der Waals surface area contributed by atoms with Gasteiger partial charge in [-0.25, -0.2) is 9.18 Å². The van der Waals surface area contributed by atoms with Crippen LogP contribution < -0.4 is 10.6 Å². The molecule has 0 saturated carbocycles. The van der Waals surface area contributed by atoms with Crippen molar-refractivity contribution < 1.29 is 13.9 Å². The summed E-state index contributed by atoms with van der Waals surface area (Å²) in [5, 5.41) is 5.95. The van der Waals surface area contributed by atoms with Crippen LogP contribution in [0.4, 0.5) is 9.18 Å². The first-order valence-corrected chi connectivity index (χ1v) is 7.61. The molecule has 2 N–H and O–H groups in total. The monoisotopic (exact) mass is 360 g/mol. The normalized spacial score (nSPS) is 12.9. The van der Waals surface area contributed by atoms with Gasteiger partial charge in [-0.15, -0.1) is 0 Å². The summed E-state index contributed by atoms with van der Waals surface area (Å²) in [5.74, 6) is -0.279. The number of hydrogen-bond acceptors (Lipinski definition) is 3. The number of nitrogens with one attached hydrogen (secondary N) is 2. The Balaban J connectivity index is 2.32. The molecule has 0 aromatic heterocycles. The van der Waals surface area contributed by atoms with E-state index >= 15 is 0 Å². The lowest BCUT2D eigenvalue weighted by Crippen LogP contribution is -2.41. The predicted octanol–water partition coefficient (Wildman–Crippen LogP) is 3.59. The SMILES string of the molecule is CC(CNC(=O)OC(C)(C)C)NCc1ccc(F)c(Br)c1. The van der Waals surface area contributed by atoms with Crippen molar-refractivity contribution in [2.24, 2.45) is 0 Å². The molecule has 0 aliphatic heterocycles. The highest BCUT2D eigenvalue weighted by Crippen LogP contribution is 2.16. The zero-order valence-electron chi connectivity index (χ0n) is 12.8. The lowest BCUT2D eigenvalue weighted by molar-refractivity contribution is 0.0523. The summed E-state index contributed by atoms with van der Waals surface area (Å²) in [7, 11) is 0. The minimum absolute atomic E-state index is 0.0707. The van der Waals surface area contributed by atoms with Gasteiger partial charge in [-0.05, 0) is 61.3 Å². The van der Waals surface area contributed by atoms with E-state index < -0.39 is 11.7 Å². The largest absolute Gasteiger partial charge is 0.444 e. The molecule has 6 heteroatoms. The fourth-order valence-electron chi connectivity index (χ4n) is 1.56. The van der Waals surface area contributed by atoms with Crippen molar-refractivity contribution in [3.8, 4) is 0 Å². The summed E-state index contributed by atoms with van der Waals surface area (Å²) in [4.78, 5) is 11.5. The first-order chi connectivity index (χ1) is 9.67. The van der Waals surface area contributed by atoms with Crippen molar-refractivity contribution >= 4 is 22.0 Å². The molecule has 0 saturated heterocycles. The second-order valence-corrected chi connectivity index (χ2v) is 6.77. The number of alkyl carbamates (subject to hydrolysis) is 1. The first-order valence-electron chi connectivity index (χ1n) is 6.81. The highest BCUT2D eigenvalue weighted by Gasteiger charge is 2.16. The maximum Gasteiger partial charge on any atom is 0.407 e. The second kappa shape index (κ2) is 7.75. The van der Waals surface area contributed by atoms with E-state index in [0.717, 1.165) is 5.56 Å². The van der Waals surface area contributed by atoms with Gasteiger partial charge in [-0.1, -0.05) is 6.07 Å². The topological polar surface area (TPSA) is 50.4 Å². The number of carbonyl (C=O) groups excluding carboxylic acids is 1. The zero-order chi connectivity index (χ0) is 16.0. The number of carbonyl (C=O) groups is 1. The average Bonchev–Trinajstić information content (AvgIpc) is 2.36. The number of halogens is 2. The van der Waals surface area contributed by atoms with E-state index in [2.05, 4.69) is 26.6 Å². The Labute approximate surface area is 133 Å². The molecule has 1 amide bonds. The van der Waals surface area contributed by atoms with Crippen molar-refractivity contribution in [3.63, 3.8) is 0 Å².